The number of ether oxygens (including phenoxy) is 1. The Morgan fingerprint density at radius 3 is 2.83 bits per heavy atom. The molecule has 124 valence electrons. The molecular weight excluding hydrogens is 292 g/mol. The Hall–Kier alpha value is -2.37. The Balaban J connectivity index is 2.52. The first kappa shape index (κ1) is 17.0. The highest BCUT2D eigenvalue weighted by molar-refractivity contribution is 5.83. The maximum Gasteiger partial charge on any atom is 0.251 e. The normalized spacial score (nSPS) is 12.0. The average molecular weight is 316 g/mol. The van der Waals surface area contributed by atoms with Crippen LogP contribution in [0.4, 0.5) is 0 Å². The van der Waals surface area contributed by atoms with E-state index < -0.39 is 0 Å². The standard InChI is InChI=1S/C17H24N4O2/c1-7-9-21-17-16(12(5)19-21)14(11(3)4)10-15(18-17)23-20-13(6)22-8-2/h7,10-11H,1,8-9H2,2-6H3/b20-13+. The minimum absolute atomic E-state index is 0.319. The van der Waals surface area contributed by atoms with Crippen molar-refractivity contribution in [3.8, 4) is 5.88 Å². The average Bonchev–Trinajstić information content (AvgIpc) is 2.81. The first-order chi connectivity index (χ1) is 11.0. The van der Waals surface area contributed by atoms with Crippen molar-refractivity contribution in [1.29, 1.82) is 0 Å². The number of hydrogen-bond acceptors (Lipinski definition) is 5. The van der Waals surface area contributed by atoms with Crippen LogP contribution in [-0.4, -0.2) is 27.3 Å². The van der Waals surface area contributed by atoms with Crippen molar-refractivity contribution in [3.63, 3.8) is 0 Å². The van der Waals surface area contributed by atoms with Gasteiger partial charge in [0.25, 0.3) is 5.88 Å². The lowest BCUT2D eigenvalue weighted by molar-refractivity contribution is 0.270. The molecule has 0 atom stereocenters. The molecule has 0 aromatic carbocycles. The first-order valence-electron chi connectivity index (χ1n) is 7.81. The number of fused-ring (bicyclic) bond motifs is 1. The number of hydrogen-bond donors (Lipinski definition) is 0. The van der Waals surface area contributed by atoms with E-state index in [1.165, 1.54) is 0 Å². The van der Waals surface area contributed by atoms with E-state index in [-0.39, 0.29) is 0 Å². The molecule has 0 saturated carbocycles. The molecule has 2 heterocycles. The summed E-state index contributed by atoms with van der Waals surface area (Å²) in [7, 11) is 0. The third-order valence-electron chi connectivity index (χ3n) is 3.43. The number of aromatic nitrogens is 3. The van der Waals surface area contributed by atoms with Gasteiger partial charge in [-0.15, -0.1) is 6.58 Å². The summed E-state index contributed by atoms with van der Waals surface area (Å²) < 4.78 is 7.09. The van der Waals surface area contributed by atoms with Crippen molar-refractivity contribution in [2.24, 2.45) is 5.16 Å². The van der Waals surface area contributed by atoms with Gasteiger partial charge < -0.3 is 9.57 Å². The van der Waals surface area contributed by atoms with E-state index in [2.05, 4.69) is 35.7 Å². The molecular formula is C17H24N4O2. The number of allylic oxidation sites excluding steroid dienone is 1. The largest absolute Gasteiger partial charge is 0.479 e. The zero-order valence-electron chi connectivity index (χ0n) is 14.5. The van der Waals surface area contributed by atoms with Gasteiger partial charge in [-0.3, -0.25) is 0 Å². The molecule has 0 amide bonds. The summed E-state index contributed by atoms with van der Waals surface area (Å²) in [6, 6.07) is 1.92. The minimum atomic E-state index is 0.319. The molecule has 0 fully saturated rings. The zero-order valence-corrected chi connectivity index (χ0v) is 14.5. The predicted molar refractivity (Wildman–Crippen MR) is 91.9 cm³/mol. The summed E-state index contributed by atoms with van der Waals surface area (Å²) in [5.41, 5.74) is 2.88. The number of pyridine rings is 1. The topological polar surface area (TPSA) is 61.5 Å². The maximum atomic E-state index is 5.45. The maximum absolute atomic E-state index is 5.45. The fourth-order valence-corrected chi connectivity index (χ4v) is 2.46. The Labute approximate surface area is 136 Å². The van der Waals surface area contributed by atoms with Gasteiger partial charge in [0.1, 0.15) is 0 Å². The molecule has 2 aromatic rings. The predicted octanol–water partition coefficient (Wildman–Crippen LogP) is 3.80. The van der Waals surface area contributed by atoms with Crippen LogP contribution in [0.15, 0.2) is 23.9 Å². The van der Waals surface area contributed by atoms with Crippen LogP contribution >= 0.6 is 0 Å². The number of nitrogens with zero attached hydrogens (tertiary/aromatic N) is 4. The van der Waals surface area contributed by atoms with Crippen LogP contribution in [0.1, 0.15) is 44.9 Å². The first-order valence-corrected chi connectivity index (χ1v) is 7.81. The third-order valence-corrected chi connectivity index (χ3v) is 3.43. The van der Waals surface area contributed by atoms with Crippen LogP contribution < -0.4 is 4.84 Å². The highest BCUT2D eigenvalue weighted by atomic mass is 16.7. The molecule has 6 heteroatoms. The SMILES string of the molecule is C=CCn1nc(C)c2c(C(C)C)cc(O/N=C(\C)OCC)nc21. The van der Waals surface area contributed by atoms with Crippen molar-refractivity contribution in [2.75, 3.05) is 6.61 Å². The van der Waals surface area contributed by atoms with Gasteiger partial charge in [0.15, 0.2) is 5.65 Å². The van der Waals surface area contributed by atoms with E-state index >= 15 is 0 Å². The molecule has 0 spiro atoms. The monoisotopic (exact) mass is 316 g/mol. The van der Waals surface area contributed by atoms with E-state index in [9.17, 15) is 0 Å². The summed E-state index contributed by atoms with van der Waals surface area (Å²) in [4.78, 5) is 10.0. The van der Waals surface area contributed by atoms with Crippen LogP contribution in [0.25, 0.3) is 11.0 Å². The number of oxime groups is 1. The van der Waals surface area contributed by atoms with E-state index in [1.54, 1.807) is 13.0 Å². The smallest absolute Gasteiger partial charge is 0.251 e. The Morgan fingerprint density at radius 2 is 2.22 bits per heavy atom. The molecule has 0 radical (unpaired) electrons. The minimum Gasteiger partial charge on any atom is -0.479 e. The third kappa shape index (κ3) is 3.70. The van der Waals surface area contributed by atoms with E-state index in [0.29, 0.717) is 30.8 Å². The Bertz CT molecular complexity index is 732. The lowest BCUT2D eigenvalue weighted by atomic mass is 10.00. The van der Waals surface area contributed by atoms with Crippen molar-refractivity contribution in [1.82, 2.24) is 14.8 Å². The van der Waals surface area contributed by atoms with Gasteiger partial charge in [0.05, 0.1) is 18.8 Å². The lowest BCUT2D eigenvalue weighted by Crippen LogP contribution is -2.03. The molecule has 0 bridgehead atoms. The van der Waals surface area contributed by atoms with Crippen molar-refractivity contribution in [2.45, 2.75) is 47.1 Å². The van der Waals surface area contributed by atoms with Crippen LogP contribution in [0.2, 0.25) is 0 Å². The van der Waals surface area contributed by atoms with Gasteiger partial charge in [0.2, 0.25) is 5.90 Å². The Morgan fingerprint density at radius 1 is 1.48 bits per heavy atom. The second-order valence-corrected chi connectivity index (χ2v) is 5.59. The van der Waals surface area contributed by atoms with Crippen molar-refractivity contribution >= 4 is 16.9 Å². The highest BCUT2D eigenvalue weighted by Gasteiger charge is 2.17. The summed E-state index contributed by atoms with van der Waals surface area (Å²) >= 11 is 0. The zero-order chi connectivity index (χ0) is 17.0. The summed E-state index contributed by atoms with van der Waals surface area (Å²) in [5.74, 6) is 1.22. The second kappa shape index (κ2) is 7.26. The number of aryl methyl sites for hydroxylation is 1. The number of rotatable bonds is 6. The van der Waals surface area contributed by atoms with Crippen molar-refractivity contribution in [3.05, 3.63) is 30.0 Å². The quantitative estimate of drug-likeness (QED) is 0.352. The molecule has 0 aliphatic rings. The van der Waals surface area contributed by atoms with Gasteiger partial charge in [0, 0.05) is 18.4 Å². The molecule has 0 saturated heterocycles. The highest BCUT2D eigenvalue weighted by Crippen LogP contribution is 2.30. The van der Waals surface area contributed by atoms with E-state index in [1.807, 2.05) is 24.6 Å². The van der Waals surface area contributed by atoms with Gasteiger partial charge >= 0.3 is 0 Å². The van der Waals surface area contributed by atoms with Crippen LogP contribution in [0, 0.1) is 6.92 Å². The molecule has 0 aliphatic carbocycles. The summed E-state index contributed by atoms with van der Waals surface area (Å²) in [6.45, 7) is 14.8. The molecule has 0 unspecified atom stereocenters. The lowest BCUT2D eigenvalue weighted by Gasteiger charge is -2.10. The van der Waals surface area contributed by atoms with Crippen LogP contribution in [0.3, 0.4) is 0 Å². The summed E-state index contributed by atoms with van der Waals surface area (Å²) in [6.07, 6.45) is 1.80. The molecule has 6 nitrogen and oxygen atoms in total. The molecule has 23 heavy (non-hydrogen) atoms. The van der Waals surface area contributed by atoms with Crippen molar-refractivity contribution < 1.29 is 9.57 Å². The molecule has 2 rings (SSSR count). The van der Waals surface area contributed by atoms with Crippen LogP contribution in [-0.2, 0) is 11.3 Å². The van der Waals surface area contributed by atoms with Crippen LogP contribution in [0.5, 0.6) is 5.88 Å². The Kier molecular flexibility index (Phi) is 5.36. The fraction of sp³-hybridized carbons (Fsp3) is 0.471. The second-order valence-electron chi connectivity index (χ2n) is 5.59. The summed E-state index contributed by atoms with van der Waals surface area (Å²) in [5, 5.41) is 9.58. The molecule has 0 N–H and O–H groups in total. The molecule has 0 aliphatic heterocycles. The van der Waals surface area contributed by atoms with E-state index in [0.717, 1.165) is 22.3 Å². The van der Waals surface area contributed by atoms with Gasteiger partial charge in [-0.05, 0) is 30.5 Å². The van der Waals surface area contributed by atoms with Gasteiger partial charge in [-0.2, -0.15) is 10.1 Å². The molecule has 2 aromatic heterocycles. The fourth-order valence-electron chi connectivity index (χ4n) is 2.46. The van der Waals surface area contributed by atoms with E-state index in [4.69, 9.17) is 9.57 Å². The van der Waals surface area contributed by atoms with Gasteiger partial charge in [-0.1, -0.05) is 19.9 Å². The van der Waals surface area contributed by atoms with Gasteiger partial charge in [-0.25, -0.2) is 4.68 Å².